The van der Waals surface area contributed by atoms with Crippen molar-refractivity contribution in [3.05, 3.63) is 62.7 Å². The monoisotopic (exact) mass is 398 g/mol. The van der Waals surface area contributed by atoms with Crippen molar-refractivity contribution in [3.63, 3.8) is 0 Å². The van der Waals surface area contributed by atoms with Gasteiger partial charge in [0.15, 0.2) is 0 Å². The normalized spacial score (nSPS) is 12.2. The van der Waals surface area contributed by atoms with Crippen LogP contribution in [0.15, 0.2) is 36.4 Å². The van der Waals surface area contributed by atoms with Crippen LogP contribution in [0.5, 0.6) is 11.5 Å². The SMILES string of the molecule is Cl.N[C@@H](c1ccc(OC(F)(F)F)cc1)c1c([N+](=O)[O-])ccc(Cl)c1O. The third-order valence-corrected chi connectivity index (χ3v) is 3.43. The number of halogens is 5. The van der Waals surface area contributed by atoms with Gasteiger partial charge in [-0.1, -0.05) is 23.7 Å². The lowest BCUT2D eigenvalue weighted by molar-refractivity contribution is -0.385. The van der Waals surface area contributed by atoms with E-state index in [9.17, 15) is 28.4 Å². The van der Waals surface area contributed by atoms with Crippen LogP contribution in [0.1, 0.15) is 17.2 Å². The van der Waals surface area contributed by atoms with Gasteiger partial charge in [0.1, 0.15) is 11.5 Å². The van der Waals surface area contributed by atoms with Gasteiger partial charge in [-0.15, -0.1) is 25.6 Å². The van der Waals surface area contributed by atoms with Crippen LogP contribution in [0.3, 0.4) is 0 Å². The molecule has 3 N–H and O–H groups in total. The molecule has 0 radical (unpaired) electrons. The van der Waals surface area contributed by atoms with Crippen molar-refractivity contribution in [3.8, 4) is 11.5 Å². The van der Waals surface area contributed by atoms with Crippen LogP contribution in [0.25, 0.3) is 0 Å². The summed E-state index contributed by atoms with van der Waals surface area (Å²) in [6, 6.07) is 5.48. The molecule has 0 amide bonds. The standard InChI is InChI=1S/C14H10ClF3N2O4.ClH/c15-9-5-6-10(20(22)23)11(13(9)21)12(19)7-1-3-8(4-2-7)24-14(16,17)18;/h1-6,12,21H,19H2;1H/t12-;/m0./s1. The van der Waals surface area contributed by atoms with Gasteiger partial charge in [-0.2, -0.15) is 0 Å². The molecule has 0 aliphatic heterocycles. The minimum atomic E-state index is -4.84. The Labute approximate surface area is 150 Å². The molecule has 0 aromatic heterocycles. The molecule has 0 saturated heterocycles. The number of phenolic OH excluding ortho intramolecular Hbond substituents is 1. The Morgan fingerprint density at radius 1 is 1.20 bits per heavy atom. The molecule has 0 fully saturated rings. The predicted octanol–water partition coefficient (Wildman–Crippen LogP) is 4.32. The van der Waals surface area contributed by atoms with Crippen molar-refractivity contribution in [2.75, 3.05) is 0 Å². The summed E-state index contributed by atoms with van der Waals surface area (Å²) in [5.74, 6) is -1.03. The number of nitro benzene ring substituents is 1. The number of hydrogen-bond donors (Lipinski definition) is 2. The summed E-state index contributed by atoms with van der Waals surface area (Å²) >= 11 is 5.75. The molecule has 25 heavy (non-hydrogen) atoms. The number of alkyl halides is 3. The second-order valence-electron chi connectivity index (χ2n) is 4.68. The first-order chi connectivity index (χ1) is 11.1. The van der Waals surface area contributed by atoms with Gasteiger partial charge in [0.25, 0.3) is 5.69 Å². The molecule has 0 spiro atoms. The molecule has 2 aromatic rings. The van der Waals surface area contributed by atoms with E-state index in [1.807, 2.05) is 0 Å². The maximum absolute atomic E-state index is 12.1. The zero-order valence-corrected chi connectivity index (χ0v) is 13.7. The fourth-order valence-electron chi connectivity index (χ4n) is 2.08. The average Bonchev–Trinajstić information content (AvgIpc) is 2.48. The Balaban J connectivity index is 0.00000312. The first-order valence-electron chi connectivity index (χ1n) is 6.37. The number of aromatic hydroxyl groups is 1. The summed E-state index contributed by atoms with van der Waals surface area (Å²) in [5, 5.41) is 20.9. The number of hydrogen-bond acceptors (Lipinski definition) is 5. The van der Waals surface area contributed by atoms with E-state index < -0.39 is 34.5 Å². The molecule has 1 atom stereocenters. The van der Waals surface area contributed by atoms with Gasteiger partial charge < -0.3 is 15.6 Å². The van der Waals surface area contributed by atoms with Crippen molar-refractivity contribution >= 4 is 29.7 Å². The van der Waals surface area contributed by atoms with E-state index >= 15 is 0 Å². The quantitative estimate of drug-likeness (QED) is 0.589. The molecule has 0 bridgehead atoms. The topological polar surface area (TPSA) is 98.6 Å². The molecule has 0 heterocycles. The molecule has 0 saturated carbocycles. The molecule has 0 aliphatic carbocycles. The van der Waals surface area contributed by atoms with Gasteiger partial charge in [0, 0.05) is 6.07 Å². The Morgan fingerprint density at radius 2 is 1.76 bits per heavy atom. The zero-order valence-electron chi connectivity index (χ0n) is 12.2. The summed E-state index contributed by atoms with van der Waals surface area (Å²) in [4.78, 5) is 10.3. The largest absolute Gasteiger partial charge is 0.573 e. The maximum atomic E-state index is 12.1. The van der Waals surface area contributed by atoms with Crippen LogP contribution >= 0.6 is 24.0 Å². The lowest BCUT2D eigenvalue weighted by Gasteiger charge is -2.16. The minimum absolute atomic E-state index is 0. The third kappa shape index (κ3) is 4.88. The van der Waals surface area contributed by atoms with Gasteiger partial charge >= 0.3 is 6.36 Å². The molecule has 0 aliphatic rings. The van der Waals surface area contributed by atoms with Crippen molar-refractivity contribution in [1.29, 1.82) is 0 Å². The van der Waals surface area contributed by atoms with E-state index in [1.165, 1.54) is 12.1 Å². The van der Waals surface area contributed by atoms with E-state index in [1.54, 1.807) is 0 Å². The number of nitrogens with two attached hydrogens (primary N) is 1. The Hall–Kier alpha value is -2.23. The summed E-state index contributed by atoms with van der Waals surface area (Å²) in [7, 11) is 0. The molecule has 0 unspecified atom stereocenters. The van der Waals surface area contributed by atoms with Gasteiger partial charge in [0.05, 0.1) is 21.6 Å². The Kier molecular flexibility index (Phi) is 6.47. The predicted molar refractivity (Wildman–Crippen MR) is 86.2 cm³/mol. The second kappa shape index (κ2) is 7.77. The van der Waals surface area contributed by atoms with Gasteiger partial charge in [-0.25, -0.2) is 0 Å². The minimum Gasteiger partial charge on any atom is -0.506 e. The highest BCUT2D eigenvalue weighted by molar-refractivity contribution is 6.32. The number of nitrogens with zero attached hydrogens (tertiary/aromatic N) is 1. The second-order valence-corrected chi connectivity index (χ2v) is 5.09. The molecule has 136 valence electrons. The van der Waals surface area contributed by atoms with E-state index in [4.69, 9.17) is 17.3 Å². The first-order valence-corrected chi connectivity index (χ1v) is 6.75. The lowest BCUT2D eigenvalue weighted by Crippen LogP contribution is -2.17. The van der Waals surface area contributed by atoms with Crippen LogP contribution < -0.4 is 10.5 Å². The van der Waals surface area contributed by atoms with Crippen molar-refractivity contribution < 1.29 is 27.9 Å². The highest BCUT2D eigenvalue weighted by Gasteiger charge is 2.31. The summed E-state index contributed by atoms with van der Waals surface area (Å²) in [6.07, 6.45) is -4.84. The number of ether oxygens (including phenoxy) is 1. The van der Waals surface area contributed by atoms with Crippen LogP contribution in [0, 0.1) is 10.1 Å². The van der Waals surface area contributed by atoms with Crippen molar-refractivity contribution in [1.82, 2.24) is 0 Å². The zero-order chi connectivity index (χ0) is 18.1. The molecule has 11 heteroatoms. The smallest absolute Gasteiger partial charge is 0.506 e. The number of phenols is 1. The van der Waals surface area contributed by atoms with Crippen LogP contribution in [-0.4, -0.2) is 16.4 Å². The number of rotatable bonds is 4. The molecule has 2 aromatic carbocycles. The number of nitro groups is 1. The first kappa shape index (κ1) is 20.8. The van der Waals surface area contributed by atoms with Crippen molar-refractivity contribution in [2.24, 2.45) is 5.73 Å². The fourth-order valence-corrected chi connectivity index (χ4v) is 2.24. The van der Waals surface area contributed by atoms with Crippen LogP contribution in [0.4, 0.5) is 18.9 Å². The fraction of sp³-hybridized carbons (Fsp3) is 0.143. The Bertz CT molecular complexity index is 770. The Morgan fingerprint density at radius 3 is 2.24 bits per heavy atom. The van der Waals surface area contributed by atoms with Gasteiger partial charge in [-0.05, 0) is 23.8 Å². The van der Waals surface area contributed by atoms with E-state index in [2.05, 4.69) is 4.74 Å². The van der Waals surface area contributed by atoms with Gasteiger partial charge in [-0.3, -0.25) is 10.1 Å². The third-order valence-electron chi connectivity index (χ3n) is 3.13. The molecule has 6 nitrogen and oxygen atoms in total. The number of benzene rings is 2. The van der Waals surface area contributed by atoms with E-state index in [0.717, 1.165) is 24.3 Å². The summed E-state index contributed by atoms with van der Waals surface area (Å²) < 4.78 is 40.1. The maximum Gasteiger partial charge on any atom is 0.573 e. The van der Waals surface area contributed by atoms with Gasteiger partial charge in [0.2, 0.25) is 0 Å². The highest BCUT2D eigenvalue weighted by atomic mass is 35.5. The average molecular weight is 399 g/mol. The van der Waals surface area contributed by atoms with E-state index in [0.29, 0.717) is 0 Å². The summed E-state index contributed by atoms with van der Waals surface area (Å²) in [6.45, 7) is 0. The lowest BCUT2D eigenvalue weighted by atomic mass is 9.97. The molecular weight excluding hydrogens is 388 g/mol. The molecular formula is C14H11Cl2F3N2O4. The van der Waals surface area contributed by atoms with Crippen LogP contribution in [0.2, 0.25) is 5.02 Å². The highest BCUT2D eigenvalue weighted by Crippen LogP contribution is 2.40. The summed E-state index contributed by atoms with van der Waals surface area (Å²) in [5.41, 5.74) is 5.45. The van der Waals surface area contributed by atoms with Crippen molar-refractivity contribution in [2.45, 2.75) is 12.4 Å². The molecule has 2 rings (SSSR count). The van der Waals surface area contributed by atoms with Crippen LogP contribution in [-0.2, 0) is 0 Å². The van der Waals surface area contributed by atoms with E-state index in [-0.39, 0.29) is 28.6 Å².